The number of aryl methyl sites for hydroxylation is 1. The number of hydrogen-bond donors (Lipinski definition) is 0. The number of benzene rings is 2. The molecule has 0 aliphatic heterocycles. The number of hydrogen-bond acceptors (Lipinski definition) is 1. The Hall–Kier alpha value is -3.06. The molecule has 0 aliphatic rings. The van der Waals surface area contributed by atoms with Crippen LogP contribution in [0.1, 0.15) is 19.4 Å². The molecule has 0 atom stereocenters. The lowest BCUT2D eigenvalue weighted by Crippen LogP contribution is -2.19. The van der Waals surface area contributed by atoms with Gasteiger partial charge < -0.3 is 4.90 Å². The monoisotopic (exact) mass is 341 g/mol. The second-order valence-electron chi connectivity index (χ2n) is 5.97. The first-order valence-corrected chi connectivity index (χ1v) is 8.86. The summed E-state index contributed by atoms with van der Waals surface area (Å²) in [5.41, 5.74) is 6.90. The molecule has 0 N–H and O–H groups in total. The molecule has 2 aromatic rings. The van der Waals surface area contributed by atoms with Crippen LogP contribution in [0.3, 0.4) is 0 Å². The summed E-state index contributed by atoms with van der Waals surface area (Å²) in [6.45, 7) is 13.9. The fourth-order valence-electron chi connectivity index (χ4n) is 2.80. The van der Waals surface area contributed by atoms with Gasteiger partial charge in [-0.1, -0.05) is 79.4 Å². The molecule has 0 radical (unpaired) electrons. The average Bonchev–Trinajstić information content (AvgIpc) is 2.68. The summed E-state index contributed by atoms with van der Waals surface area (Å²) >= 11 is 0. The molecule has 1 heteroatoms. The largest absolute Gasteiger partial charge is 0.311 e. The highest BCUT2D eigenvalue weighted by molar-refractivity contribution is 5.70. The van der Waals surface area contributed by atoms with Crippen LogP contribution < -0.4 is 4.90 Å². The van der Waals surface area contributed by atoms with Gasteiger partial charge in [-0.05, 0) is 56.2 Å². The summed E-state index contributed by atoms with van der Waals surface area (Å²) in [6, 6.07) is 17.2. The maximum Gasteiger partial charge on any atom is 0.0461 e. The van der Waals surface area contributed by atoms with Crippen molar-refractivity contribution >= 4 is 5.69 Å². The van der Waals surface area contributed by atoms with Gasteiger partial charge in [-0.3, -0.25) is 0 Å². The Morgan fingerprint density at radius 1 is 0.808 bits per heavy atom. The molecule has 0 bridgehead atoms. The van der Waals surface area contributed by atoms with Crippen LogP contribution in [0, 0.1) is 6.92 Å². The first kappa shape index (κ1) is 19.3. The van der Waals surface area contributed by atoms with E-state index >= 15 is 0 Å². The van der Waals surface area contributed by atoms with E-state index in [2.05, 4.69) is 85.7 Å². The fraction of sp³-hybridized carbons (Fsp3) is 0.120. The van der Waals surface area contributed by atoms with Crippen LogP contribution in [-0.2, 0) is 0 Å². The van der Waals surface area contributed by atoms with Gasteiger partial charge >= 0.3 is 0 Å². The highest BCUT2D eigenvalue weighted by atomic mass is 15.1. The van der Waals surface area contributed by atoms with Crippen molar-refractivity contribution in [3.63, 3.8) is 0 Å². The van der Waals surface area contributed by atoms with Crippen LogP contribution in [-0.4, -0.2) is 0 Å². The van der Waals surface area contributed by atoms with Crippen molar-refractivity contribution in [1.82, 2.24) is 0 Å². The third kappa shape index (κ3) is 4.52. The smallest absolute Gasteiger partial charge is 0.0461 e. The van der Waals surface area contributed by atoms with Crippen molar-refractivity contribution in [2.75, 3.05) is 4.90 Å². The van der Waals surface area contributed by atoms with Gasteiger partial charge in [-0.25, -0.2) is 0 Å². The molecule has 0 unspecified atom stereocenters. The van der Waals surface area contributed by atoms with Gasteiger partial charge in [-0.2, -0.15) is 0 Å². The predicted octanol–water partition coefficient (Wildman–Crippen LogP) is 7.20. The maximum atomic E-state index is 3.97. The third-order valence-corrected chi connectivity index (χ3v) is 4.23. The molecule has 0 fully saturated rings. The van der Waals surface area contributed by atoms with Crippen molar-refractivity contribution in [3.05, 3.63) is 115 Å². The van der Waals surface area contributed by atoms with E-state index in [1.54, 1.807) is 6.08 Å². The van der Waals surface area contributed by atoms with Crippen molar-refractivity contribution in [2.45, 2.75) is 20.8 Å². The molecule has 2 aromatic carbocycles. The minimum Gasteiger partial charge on any atom is -0.311 e. The van der Waals surface area contributed by atoms with Gasteiger partial charge in [0.1, 0.15) is 0 Å². The second-order valence-corrected chi connectivity index (χ2v) is 5.97. The lowest BCUT2D eigenvalue weighted by Gasteiger charge is -2.27. The van der Waals surface area contributed by atoms with Gasteiger partial charge in [-0.15, -0.1) is 0 Å². The van der Waals surface area contributed by atoms with E-state index < -0.39 is 0 Å². The van der Waals surface area contributed by atoms with E-state index in [4.69, 9.17) is 0 Å². The Balaban J connectivity index is 2.45. The predicted molar refractivity (Wildman–Crippen MR) is 116 cm³/mol. The zero-order valence-corrected chi connectivity index (χ0v) is 15.9. The molecule has 0 aromatic heterocycles. The molecular formula is C25H27N. The molecule has 0 saturated carbocycles. The van der Waals surface area contributed by atoms with E-state index in [1.807, 2.05) is 32.1 Å². The second kappa shape index (κ2) is 9.43. The molecule has 0 aliphatic carbocycles. The number of anilines is 1. The van der Waals surface area contributed by atoms with Gasteiger partial charge in [0.05, 0.1) is 0 Å². The van der Waals surface area contributed by atoms with Crippen molar-refractivity contribution in [3.8, 4) is 11.1 Å². The third-order valence-electron chi connectivity index (χ3n) is 4.23. The van der Waals surface area contributed by atoms with Crippen LogP contribution in [0.2, 0.25) is 0 Å². The Morgan fingerprint density at radius 2 is 1.35 bits per heavy atom. The summed E-state index contributed by atoms with van der Waals surface area (Å²) in [4.78, 5) is 2.19. The maximum absolute atomic E-state index is 3.97. The van der Waals surface area contributed by atoms with E-state index in [9.17, 15) is 0 Å². The number of rotatable bonds is 7. The standard InChI is InChI=1S/C25H27N/c1-6-10-11-24(9-4)26(23(7-2)8-3)25-18-16-22(17-19-25)21-14-12-20(5)13-15-21/h6-19H,1-2H2,3-5H3/b11-10-,23-8+,24-9+. The summed E-state index contributed by atoms with van der Waals surface area (Å²) in [5.74, 6) is 0. The number of allylic oxidation sites excluding steroid dienone is 6. The van der Waals surface area contributed by atoms with E-state index in [0.29, 0.717) is 0 Å². The van der Waals surface area contributed by atoms with Crippen LogP contribution in [0.5, 0.6) is 0 Å². The van der Waals surface area contributed by atoms with Gasteiger partial charge in [0.25, 0.3) is 0 Å². The molecule has 0 spiro atoms. The molecule has 0 saturated heterocycles. The zero-order valence-electron chi connectivity index (χ0n) is 15.9. The highest BCUT2D eigenvalue weighted by Crippen LogP contribution is 2.29. The Kier molecular flexibility index (Phi) is 6.99. The molecule has 26 heavy (non-hydrogen) atoms. The fourth-order valence-corrected chi connectivity index (χ4v) is 2.80. The van der Waals surface area contributed by atoms with E-state index in [-0.39, 0.29) is 0 Å². The topological polar surface area (TPSA) is 3.24 Å². The normalized spacial score (nSPS) is 12.3. The first-order chi connectivity index (χ1) is 12.6. The first-order valence-electron chi connectivity index (χ1n) is 8.86. The molecule has 132 valence electrons. The molecule has 1 nitrogen and oxygen atoms in total. The Morgan fingerprint density at radius 3 is 1.81 bits per heavy atom. The minimum atomic E-state index is 1.04. The summed E-state index contributed by atoms with van der Waals surface area (Å²) in [5, 5.41) is 0. The van der Waals surface area contributed by atoms with E-state index in [0.717, 1.165) is 17.1 Å². The van der Waals surface area contributed by atoms with Crippen molar-refractivity contribution < 1.29 is 0 Å². The molecular weight excluding hydrogens is 314 g/mol. The average molecular weight is 341 g/mol. The molecule has 0 amide bonds. The lowest BCUT2D eigenvalue weighted by atomic mass is 10.0. The van der Waals surface area contributed by atoms with E-state index in [1.165, 1.54) is 16.7 Å². The minimum absolute atomic E-state index is 1.04. The van der Waals surface area contributed by atoms with Crippen LogP contribution in [0.15, 0.2) is 110 Å². The Labute approximate surface area is 158 Å². The lowest BCUT2D eigenvalue weighted by molar-refractivity contribution is 1.13. The van der Waals surface area contributed by atoms with Gasteiger partial charge in [0, 0.05) is 17.1 Å². The van der Waals surface area contributed by atoms with Crippen LogP contribution in [0.4, 0.5) is 5.69 Å². The van der Waals surface area contributed by atoms with Gasteiger partial charge in [0.2, 0.25) is 0 Å². The van der Waals surface area contributed by atoms with Gasteiger partial charge in [0.15, 0.2) is 0 Å². The summed E-state index contributed by atoms with van der Waals surface area (Å²) < 4.78 is 0. The highest BCUT2D eigenvalue weighted by Gasteiger charge is 2.12. The summed E-state index contributed by atoms with van der Waals surface area (Å²) in [6.07, 6.45) is 11.8. The summed E-state index contributed by atoms with van der Waals surface area (Å²) in [7, 11) is 0. The quantitative estimate of drug-likeness (QED) is 0.481. The molecule has 0 heterocycles. The molecule has 2 rings (SSSR count). The SMILES string of the molecule is C=C/C=C\C(=C/C)N(/C(C=C)=C/C)c1ccc(-c2ccc(C)cc2)cc1. The van der Waals surface area contributed by atoms with Crippen molar-refractivity contribution in [1.29, 1.82) is 0 Å². The van der Waals surface area contributed by atoms with Crippen molar-refractivity contribution in [2.24, 2.45) is 0 Å². The van der Waals surface area contributed by atoms with Crippen LogP contribution >= 0.6 is 0 Å². The number of nitrogens with zero attached hydrogens (tertiary/aromatic N) is 1. The Bertz CT molecular complexity index is 831. The van der Waals surface area contributed by atoms with Crippen LogP contribution in [0.25, 0.3) is 11.1 Å². The zero-order chi connectivity index (χ0) is 18.9.